The van der Waals surface area contributed by atoms with Crippen LogP contribution in [0.15, 0.2) is 36.4 Å². The lowest BCUT2D eigenvalue weighted by Crippen LogP contribution is -2.28. The van der Waals surface area contributed by atoms with Gasteiger partial charge in [0.05, 0.1) is 10.8 Å². The molecule has 0 aromatic heterocycles. The molecule has 1 atom stereocenters. The van der Waals surface area contributed by atoms with Crippen LogP contribution in [0.3, 0.4) is 0 Å². The van der Waals surface area contributed by atoms with Crippen molar-refractivity contribution in [2.24, 2.45) is 0 Å². The maximum absolute atomic E-state index is 13.8. The molecule has 1 fully saturated rings. The zero-order chi connectivity index (χ0) is 16.6. The third-order valence-corrected chi connectivity index (χ3v) is 5.10. The summed E-state index contributed by atoms with van der Waals surface area (Å²) in [7, 11) is 0. The van der Waals surface area contributed by atoms with Crippen LogP contribution in [0, 0.1) is 17.5 Å². The highest BCUT2D eigenvalue weighted by Crippen LogP contribution is 2.40. The second-order valence-corrected chi connectivity index (χ2v) is 6.57. The van der Waals surface area contributed by atoms with Gasteiger partial charge in [-0.05, 0) is 23.8 Å². The van der Waals surface area contributed by atoms with Crippen molar-refractivity contribution in [3.63, 3.8) is 0 Å². The van der Waals surface area contributed by atoms with Crippen LogP contribution in [-0.2, 0) is 11.3 Å². The van der Waals surface area contributed by atoms with Gasteiger partial charge in [0.2, 0.25) is 5.91 Å². The number of benzene rings is 2. The van der Waals surface area contributed by atoms with Crippen LogP contribution >= 0.6 is 23.4 Å². The Morgan fingerprint density at radius 3 is 2.61 bits per heavy atom. The lowest BCUT2D eigenvalue weighted by molar-refractivity contribution is -0.128. The minimum atomic E-state index is -0.703. The Labute approximate surface area is 140 Å². The molecule has 2 aromatic carbocycles. The smallest absolute Gasteiger partial charge is 0.234 e. The van der Waals surface area contributed by atoms with Gasteiger partial charge < -0.3 is 4.90 Å². The molecule has 23 heavy (non-hydrogen) atoms. The fraction of sp³-hybridized carbons (Fsp3) is 0.188. The molecule has 2 aromatic rings. The van der Waals surface area contributed by atoms with E-state index in [0.29, 0.717) is 5.56 Å². The van der Waals surface area contributed by atoms with E-state index in [1.54, 1.807) is 6.07 Å². The first-order chi connectivity index (χ1) is 11.0. The second-order valence-electron chi connectivity index (χ2n) is 5.09. The first-order valence-electron chi connectivity index (χ1n) is 6.75. The molecule has 0 aliphatic carbocycles. The molecule has 0 N–H and O–H groups in total. The summed E-state index contributed by atoms with van der Waals surface area (Å²) >= 11 is 7.14. The molecule has 0 bridgehead atoms. The molecule has 1 heterocycles. The Hall–Kier alpha value is -1.66. The molecule has 7 heteroatoms. The van der Waals surface area contributed by atoms with Gasteiger partial charge in [0.25, 0.3) is 0 Å². The van der Waals surface area contributed by atoms with Crippen LogP contribution in [0.4, 0.5) is 13.2 Å². The predicted molar refractivity (Wildman–Crippen MR) is 83.5 cm³/mol. The van der Waals surface area contributed by atoms with Crippen LogP contribution in [-0.4, -0.2) is 16.6 Å². The van der Waals surface area contributed by atoms with Gasteiger partial charge in [-0.3, -0.25) is 4.79 Å². The van der Waals surface area contributed by atoms with E-state index < -0.39 is 17.5 Å². The second kappa shape index (κ2) is 6.45. The highest BCUT2D eigenvalue weighted by molar-refractivity contribution is 8.00. The SMILES string of the molecule is O=C1CSC(c2ccc(F)c(Cl)c2)N1Cc1ccc(F)cc1F. The summed E-state index contributed by atoms with van der Waals surface area (Å²) in [6.45, 7) is 0.0115. The van der Waals surface area contributed by atoms with Gasteiger partial charge in [-0.15, -0.1) is 11.8 Å². The van der Waals surface area contributed by atoms with Crippen molar-refractivity contribution >= 4 is 29.3 Å². The largest absolute Gasteiger partial charge is 0.321 e. The highest BCUT2D eigenvalue weighted by atomic mass is 35.5. The van der Waals surface area contributed by atoms with Gasteiger partial charge in [0, 0.05) is 18.2 Å². The monoisotopic (exact) mass is 357 g/mol. The average molecular weight is 358 g/mol. The van der Waals surface area contributed by atoms with Gasteiger partial charge >= 0.3 is 0 Å². The molecule has 120 valence electrons. The van der Waals surface area contributed by atoms with E-state index in [1.165, 1.54) is 34.9 Å². The summed E-state index contributed by atoms with van der Waals surface area (Å²) in [6, 6.07) is 7.49. The van der Waals surface area contributed by atoms with E-state index in [2.05, 4.69) is 0 Å². The average Bonchev–Trinajstić information content (AvgIpc) is 2.86. The quantitative estimate of drug-likeness (QED) is 0.804. The molecule has 2 nitrogen and oxygen atoms in total. The normalized spacial score (nSPS) is 17.8. The molecule has 1 saturated heterocycles. The lowest BCUT2D eigenvalue weighted by Gasteiger charge is -2.24. The van der Waals surface area contributed by atoms with Crippen LogP contribution in [0.25, 0.3) is 0 Å². The number of thioether (sulfide) groups is 1. The number of nitrogens with zero attached hydrogens (tertiary/aromatic N) is 1. The number of amides is 1. The fourth-order valence-electron chi connectivity index (χ4n) is 2.40. The molecule has 0 saturated carbocycles. The zero-order valence-electron chi connectivity index (χ0n) is 11.7. The predicted octanol–water partition coefficient (Wildman–Crippen LogP) is 4.53. The Morgan fingerprint density at radius 2 is 1.91 bits per heavy atom. The van der Waals surface area contributed by atoms with E-state index in [-0.39, 0.29) is 34.2 Å². The molecule has 0 spiro atoms. The summed E-state index contributed by atoms with van der Waals surface area (Å²) in [6.07, 6.45) is 0. The molecule has 1 amide bonds. The minimum Gasteiger partial charge on any atom is -0.321 e. The fourth-order valence-corrected chi connectivity index (χ4v) is 3.77. The number of hydrogen-bond donors (Lipinski definition) is 0. The van der Waals surface area contributed by atoms with Gasteiger partial charge in [0.15, 0.2) is 0 Å². The van der Waals surface area contributed by atoms with Crippen LogP contribution < -0.4 is 0 Å². The van der Waals surface area contributed by atoms with Gasteiger partial charge in [0.1, 0.15) is 22.8 Å². The van der Waals surface area contributed by atoms with E-state index in [9.17, 15) is 18.0 Å². The maximum atomic E-state index is 13.8. The number of carbonyl (C=O) groups is 1. The molecule has 3 rings (SSSR count). The maximum Gasteiger partial charge on any atom is 0.234 e. The van der Waals surface area contributed by atoms with Crippen molar-refractivity contribution in [1.29, 1.82) is 0 Å². The molecule has 0 radical (unpaired) electrons. The van der Waals surface area contributed by atoms with Crippen molar-refractivity contribution in [1.82, 2.24) is 4.90 Å². The number of carbonyl (C=O) groups excluding carboxylic acids is 1. The third-order valence-electron chi connectivity index (χ3n) is 3.55. The molecule has 1 aliphatic heterocycles. The molecular weight excluding hydrogens is 347 g/mol. The Kier molecular flexibility index (Phi) is 4.55. The van der Waals surface area contributed by atoms with Crippen molar-refractivity contribution in [2.45, 2.75) is 11.9 Å². The van der Waals surface area contributed by atoms with E-state index in [1.807, 2.05) is 0 Å². The summed E-state index contributed by atoms with van der Waals surface area (Å²) in [4.78, 5) is 13.6. The topological polar surface area (TPSA) is 20.3 Å². The van der Waals surface area contributed by atoms with Crippen molar-refractivity contribution in [3.05, 3.63) is 70.0 Å². The Bertz CT molecular complexity index is 771. The zero-order valence-corrected chi connectivity index (χ0v) is 13.3. The summed E-state index contributed by atoms with van der Waals surface area (Å²) in [5.41, 5.74) is 0.884. The van der Waals surface area contributed by atoms with Crippen molar-refractivity contribution < 1.29 is 18.0 Å². The first kappa shape index (κ1) is 16.2. The van der Waals surface area contributed by atoms with Crippen LogP contribution in [0.5, 0.6) is 0 Å². The summed E-state index contributed by atoms with van der Waals surface area (Å²) < 4.78 is 40.1. The number of halogens is 4. The van der Waals surface area contributed by atoms with Crippen molar-refractivity contribution in [3.8, 4) is 0 Å². The highest BCUT2D eigenvalue weighted by Gasteiger charge is 2.33. The van der Waals surface area contributed by atoms with Crippen LogP contribution in [0.2, 0.25) is 5.02 Å². The first-order valence-corrected chi connectivity index (χ1v) is 8.18. The summed E-state index contributed by atoms with van der Waals surface area (Å²) in [5.74, 6) is -1.84. The summed E-state index contributed by atoms with van der Waals surface area (Å²) in [5, 5.41) is -0.416. The molecular formula is C16H11ClF3NOS. The van der Waals surface area contributed by atoms with Gasteiger partial charge in [-0.25, -0.2) is 13.2 Å². The van der Waals surface area contributed by atoms with E-state index in [0.717, 1.165) is 12.1 Å². The minimum absolute atomic E-state index is 0.0115. The number of rotatable bonds is 3. The third kappa shape index (κ3) is 3.33. The molecule has 1 aliphatic rings. The molecule has 1 unspecified atom stereocenters. The van der Waals surface area contributed by atoms with Gasteiger partial charge in [-0.2, -0.15) is 0 Å². The van der Waals surface area contributed by atoms with Crippen molar-refractivity contribution in [2.75, 3.05) is 5.75 Å². The standard InChI is InChI=1S/C16H11ClF3NOS/c17-12-5-9(2-4-13(12)19)16-21(15(22)8-23-16)7-10-1-3-11(18)6-14(10)20/h1-6,16H,7-8H2. The van der Waals surface area contributed by atoms with Crippen LogP contribution in [0.1, 0.15) is 16.5 Å². The van der Waals surface area contributed by atoms with Gasteiger partial charge in [-0.1, -0.05) is 23.7 Å². The Balaban J connectivity index is 1.89. The lowest BCUT2D eigenvalue weighted by atomic mass is 10.1. The van der Waals surface area contributed by atoms with E-state index >= 15 is 0 Å². The number of hydrogen-bond acceptors (Lipinski definition) is 2. The Morgan fingerprint density at radius 1 is 1.13 bits per heavy atom. The van der Waals surface area contributed by atoms with E-state index in [4.69, 9.17) is 11.6 Å².